The second-order valence-corrected chi connectivity index (χ2v) is 9.38. The maximum Gasteiger partial charge on any atom is 0.338 e. The first kappa shape index (κ1) is 22.1. The van der Waals surface area contributed by atoms with Crippen LogP contribution >= 0.6 is 56.9 Å². The number of benzene rings is 2. The van der Waals surface area contributed by atoms with Crippen LogP contribution < -0.4 is 0 Å². The number of hydrogen-bond donors (Lipinski definition) is 1. The highest BCUT2D eigenvalue weighted by molar-refractivity contribution is 14.1. The van der Waals surface area contributed by atoms with Crippen LogP contribution in [0.15, 0.2) is 46.3 Å². The van der Waals surface area contributed by atoms with Gasteiger partial charge in [0, 0.05) is 16.2 Å². The van der Waals surface area contributed by atoms with E-state index in [-0.39, 0.29) is 17.6 Å². The molecule has 0 radical (unpaired) electrons. The molecule has 1 aliphatic heterocycles. The van der Waals surface area contributed by atoms with Crippen LogP contribution in [0.1, 0.15) is 22.8 Å². The second kappa shape index (κ2) is 9.47. The van der Waals surface area contributed by atoms with E-state index in [2.05, 4.69) is 50.2 Å². The first-order valence-electron chi connectivity index (χ1n) is 8.51. The fraction of sp³-hybridized carbons (Fsp3) is 0.150. The van der Waals surface area contributed by atoms with Gasteiger partial charge in [-0.15, -0.1) is 0 Å². The average molecular weight is 634 g/mol. The number of aromatic hydroxyl groups is 1. The van der Waals surface area contributed by atoms with E-state index in [0.717, 1.165) is 7.14 Å². The maximum absolute atomic E-state index is 12.6. The SMILES string of the molecule is CCOC(=O)c1ccc(N=C2SC(=Cc3cc(I)cc(I)c3O)C(=O)N2C)cc1. The molecule has 0 atom stereocenters. The molecule has 150 valence electrons. The summed E-state index contributed by atoms with van der Waals surface area (Å²) in [6.45, 7) is 2.07. The van der Waals surface area contributed by atoms with Gasteiger partial charge in [-0.1, -0.05) is 0 Å². The minimum atomic E-state index is -0.383. The molecule has 0 bridgehead atoms. The lowest BCUT2D eigenvalue weighted by Gasteiger charge is -2.07. The number of likely N-dealkylation sites (N-methyl/N-ethyl adjacent to an activating group) is 1. The molecule has 9 heteroatoms. The van der Waals surface area contributed by atoms with Gasteiger partial charge in [0.25, 0.3) is 5.91 Å². The fourth-order valence-corrected chi connectivity index (χ4v) is 5.35. The predicted octanol–water partition coefficient (Wildman–Crippen LogP) is 5.01. The number of nitrogens with zero attached hydrogens (tertiary/aromatic N) is 2. The van der Waals surface area contributed by atoms with Crippen molar-refractivity contribution in [2.75, 3.05) is 13.7 Å². The minimum absolute atomic E-state index is 0.148. The molecular formula is C20H16I2N2O4S. The number of rotatable bonds is 4. The molecule has 6 nitrogen and oxygen atoms in total. The lowest BCUT2D eigenvalue weighted by Crippen LogP contribution is -2.23. The van der Waals surface area contributed by atoms with E-state index in [4.69, 9.17) is 4.74 Å². The van der Waals surface area contributed by atoms with Gasteiger partial charge in [-0.2, -0.15) is 0 Å². The number of halogens is 2. The summed E-state index contributed by atoms with van der Waals surface area (Å²) in [5, 5.41) is 10.8. The molecule has 2 aromatic carbocycles. The summed E-state index contributed by atoms with van der Waals surface area (Å²) in [5.74, 6) is -0.425. The zero-order valence-electron chi connectivity index (χ0n) is 15.5. The molecule has 1 fully saturated rings. The van der Waals surface area contributed by atoms with E-state index in [1.54, 1.807) is 44.3 Å². The number of ether oxygens (including phenoxy) is 1. The smallest absolute Gasteiger partial charge is 0.338 e. The summed E-state index contributed by atoms with van der Waals surface area (Å²) < 4.78 is 6.66. The van der Waals surface area contributed by atoms with Crippen LogP contribution in [0.25, 0.3) is 6.08 Å². The Balaban J connectivity index is 1.86. The van der Waals surface area contributed by atoms with Gasteiger partial charge in [0.05, 0.1) is 26.3 Å². The maximum atomic E-state index is 12.6. The highest BCUT2D eigenvalue weighted by atomic mass is 127. The van der Waals surface area contributed by atoms with Crippen molar-refractivity contribution >= 4 is 85.8 Å². The Morgan fingerprint density at radius 3 is 2.62 bits per heavy atom. The lowest BCUT2D eigenvalue weighted by molar-refractivity contribution is -0.121. The average Bonchev–Trinajstić information content (AvgIpc) is 2.94. The quantitative estimate of drug-likeness (QED) is 0.291. The molecule has 2 aromatic rings. The predicted molar refractivity (Wildman–Crippen MR) is 131 cm³/mol. The summed E-state index contributed by atoms with van der Waals surface area (Å²) in [6.07, 6.45) is 1.68. The molecule has 0 saturated carbocycles. The molecule has 29 heavy (non-hydrogen) atoms. The van der Waals surface area contributed by atoms with Crippen LogP contribution in [0.3, 0.4) is 0 Å². The Morgan fingerprint density at radius 2 is 1.97 bits per heavy atom. The van der Waals surface area contributed by atoms with Gasteiger partial charge in [0.1, 0.15) is 5.75 Å². The van der Waals surface area contributed by atoms with Gasteiger partial charge in [-0.25, -0.2) is 9.79 Å². The number of amides is 1. The topological polar surface area (TPSA) is 79.2 Å². The highest BCUT2D eigenvalue weighted by Gasteiger charge is 2.30. The molecule has 1 aliphatic rings. The number of phenolic OH excluding ortho intramolecular Hbond substituents is 1. The highest BCUT2D eigenvalue weighted by Crippen LogP contribution is 2.36. The van der Waals surface area contributed by atoms with Gasteiger partial charge in [0.2, 0.25) is 0 Å². The summed E-state index contributed by atoms with van der Waals surface area (Å²) in [5.41, 5.74) is 1.65. The first-order valence-corrected chi connectivity index (χ1v) is 11.5. The van der Waals surface area contributed by atoms with Crippen molar-refractivity contribution in [3.63, 3.8) is 0 Å². The van der Waals surface area contributed by atoms with Crippen LogP contribution in [-0.2, 0) is 9.53 Å². The van der Waals surface area contributed by atoms with Crippen molar-refractivity contribution in [1.29, 1.82) is 0 Å². The Labute approximate surface area is 199 Å². The van der Waals surface area contributed by atoms with E-state index < -0.39 is 0 Å². The number of phenols is 1. The molecule has 1 saturated heterocycles. The molecule has 1 amide bonds. The zero-order valence-corrected chi connectivity index (χ0v) is 20.6. The largest absolute Gasteiger partial charge is 0.506 e. The molecular weight excluding hydrogens is 618 g/mol. The molecule has 0 spiro atoms. The summed E-state index contributed by atoms with van der Waals surface area (Å²) in [7, 11) is 1.65. The van der Waals surface area contributed by atoms with E-state index in [0.29, 0.717) is 33.5 Å². The zero-order chi connectivity index (χ0) is 21.1. The van der Waals surface area contributed by atoms with Gasteiger partial charge in [-0.05, 0) is 106 Å². The van der Waals surface area contributed by atoms with Crippen LogP contribution in [0, 0.1) is 7.14 Å². The molecule has 1 N–H and O–H groups in total. The van der Waals surface area contributed by atoms with Crippen molar-refractivity contribution in [3.8, 4) is 5.75 Å². The van der Waals surface area contributed by atoms with Crippen LogP contribution in [0.5, 0.6) is 5.75 Å². The Hall–Kier alpha value is -1.60. The van der Waals surface area contributed by atoms with Crippen molar-refractivity contribution in [3.05, 3.63) is 59.6 Å². The third-order valence-electron chi connectivity index (χ3n) is 3.95. The Kier molecular flexibility index (Phi) is 7.22. The third-order valence-corrected chi connectivity index (χ3v) is 6.46. The van der Waals surface area contributed by atoms with E-state index >= 15 is 0 Å². The summed E-state index contributed by atoms with van der Waals surface area (Å²) in [4.78, 5) is 30.8. The van der Waals surface area contributed by atoms with E-state index in [1.807, 2.05) is 12.1 Å². The van der Waals surface area contributed by atoms with Gasteiger partial charge >= 0.3 is 5.97 Å². The van der Waals surface area contributed by atoms with Gasteiger partial charge < -0.3 is 9.84 Å². The van der Waals surface area contributed by atoms with Crippen LogP contribution in [0.2, 0.25) is 0 Å². The molecule has 0 aromatic heterocycles. The first-order chi connectivity index (χ1) is 13.8. The van der Waals surface area contributed by atoms with Crippen molar-refractivity contribution in [1.82, 2.24) is 4.90 Å². The van der Waals surface area contributed by atoms with Gasteiger partial charge in [-0.3, -0.25) is 9.69 Å². The van der Waals surface area contributed by atoms with E-state index in [9.17, 15) is 14.7 Å². The summed E-state index contributed by atoms with van der Waals surface area (Å²) in [6, 6.07) is 10.4. The summed E-state index contributed by atoms with van der Waals surface area (Å²) >= 11 is 5.47. The molecule has 0 aliphatic carbocycles. The number of hydrogen-bond acceptors (Lipinski definition) is 6. The Morgan fingerprint density at radius 1 is 1.28 bits per heavy atom. The number of thioether (sulfide) groups is 1. The number of esters is 1. The number of aliphatic imine (C=N–C) groups is 1. The van der Waals surface area contributed by atoms with Crippen molar-refractivity contribution in [2.45, 2.75) is 6.92 Å². The lowest BCUT2D eigenvalue weighted by atomic mass is 10.2. The second-order valence-electron chi connectivity index (χ2n) is 5.96. The number of carbonyl (C=O) groups excluding carboxylic acids is 2. The third kappa shape index (κ3) is 5.12. The molecule has 0 unspecified atom stereocenters. The van der Waals surface area contributed by atoms with E-state index in [1.165, 1.54) is 16.7 Å². The molecule has 3 rings (SSSR count). The standard InChI is InChI=1S/C20H16I2N2O4S/c1-3-28-19(27)11-4-6-14(7-5-11)23-20-24(2)18(26)16(29-20)9-12-8-13(21)10-15(22)17(12)25/h4-10,25H,3H2,1-2H3. The van der Waals surface area contributed by atoms with Crippen LogP contribution in [-0.4, -0.2) is 40.7 Å². The monoisotopic (exact) mass is 634 g/mol. The minimum Gasteiger partial charge on any atom is -0.506 e. The normalized spacial score (nSPS) is 16.7. The fourth-order valence-electron chi connectivity index (χ4n) is 2.49. The van der Waals surface area contributed by atoms with Crippen molar-refractivity contribution < 1.29 is 19.4 Å². The van der Waals surface area contributed by atoms with Crippen molar-refractivity contribution in [2.24, 2.45) is 4.99 Å². The van der Waals surface area contributed by atoms with Crippen LogP contribution in [0.4, 0.5) is 5.69 Å². The van der Waals surface area contributed by atoms with Gasteiger partial charge in [0.15, 0.2) is 5.17 Å². The molecule has 1 heterocycles. The number of carbonyl (C=O) groups is 2. The number of amidine groups is 1. The Bertz CT molecular complexity index is 1040.